The normalized spacial score (nSPS) is 25.6. The standard InChI is InChI=1S/C88H167NO18/c1-3-5-7-9-11-13-15-17-19-21-23-25-26-27-28-29-30-31-32-33-34-35-36-37-38-39-40-41-42-43-44-46-48-50-52-54-56-58-60-62-64-66-76(94)89-71(72(93)65-63-61-59-57-55-53-51-49-47-45-24-22-20-18-16-14-12-10-8-6-4-2)70-102-86-82(100)79(97)84(74(68-91)104-86)107-88-83(101)80(98)85(75(69-92)105-88)106-87-81(99)78(96)77(95)73(67-90)103-87/h55,57,63,65,71-75,77-88,90-93,95-101H,3-54,56,58-62,64,66-70H2,1-2H3,(H,89,94)/b57-55+,65-63+. The van der Waals surface area contributed by atoms with E-state index in [4.69, 9.17) is 28.4 Å². The van der Waals surface area contributed by atoms with Crippen LogP contribution >= 0.6 is 0 Å². The van der Waals surface area contributed by atoms with Crippen LogP contribution in [0.2, 0.25) is 0 Å². The fourth-order valence-electron chi connectivity index (χ4n) is 15.6. The molecule has 0 radical (unpaired) electrons. The SMILES string of the molecule is CCCCCCCCCCCCCCCCC/C=C/CC/C=C/C(O)C(COC1OC(CO)C(OC2OC(CO)C(OC3OC(CO)C(O)C(O)C3O)C(O)C2O)C(O)C1O)NC(=O)CCCCCCCCCCCCCCCCCCCCCCCCCCCCCCCCCCCCCCCCCCC. The minimum Gasteiger partial charge on any atom is -0.394 e. The average Bonchev–Trinajstić information content (AvgIpc) is 0.780. The highest BCUT2D eigenvalue weighted by molar-refractivity contribution is 5.76. The molecule has 0 aromatic rings. The Hall–Kier alpha value is -1.73. The summed E-state index contributed by atoms with van der Waals surface area (Å²) in [4.78, 5) is 13.5. The van der Waals surface area contributed by atoms with Gasteiger partial charge in [-0.3, -0.25) is 4.79 Å². The summed E-state index contributed by atoms with van der Waals surface area (Å²) < 4.78 is 34.5. The third-order valence-electron chi connectivity index (χ3n) is 22.8. The van der Waals surface area contributed by atoms with Crippen LogP contribution in [0.15, 0.2) is 24.3 Å². The Labute approximate surface area is 651 Å². The first-order valence-electron chi connectivity index (χ1n) is 45.1. The Morgan fingerprint density at radius 2 is 0.598 bits per heavy atom. The van der Waals surface area contributed by atoms with Gasteiger partial charge in [0.05, 0.1) is 38.6 Å². The van der Waals surface area contributed by atoms with Gasteiger partial charge < -0.3 is 89.9 Å². The molecule has 3 rings (SSSR count). The topological polar surface area (TPSA) is 307 Å². The highest BCUT2D eigenvalue weighted by Gasteiger charge is 2.54. The monoisotopic (exact) mass is 1530 g/mol. The number of carbonyl (C=O) groups is 1. The fraction of sp³-hybridized carbons (Fsp3) is 0.943. The van der Waals surface area contributed by atoms with E-state index in [-0.39, 0.29) is 18.9 Å². The van der Waals surface area contributed by atoms with Crippen molar-refractivity contribution in [2.24, 2.45) is 0 Å². The van der Waals surface area contributed by atoms with E-state index in [2.05, 4.69) is 31.3 Å². The maximum atomic E-state index is 13.5. The van der Waals surface area contributed by atoms with Crippen LogP contribution in [0.3, 0.4) is 0 Å². The Bertz CT molecular complexity index is 2020. The largest absolute Gasteiger partial charge is 0.394 e. The van der Waals surface area contributed by atoms with Gasteiger partial charge in [0.2, 0.25) is 5.91 Å². The number of nitrogens with one attached hydrogen (secondary N) is 1. The van der Waals surface area contributed by atoms with Crippen molar-refractivity contribution in [1.82, 2.24) is 5.32 Å². The van der Waals surface area contributed by atoms with Gasteiger partial charge in [-0.05, 0) is 32.1 Å². The molecule has 0 aromatic carbocycles. The van der Waals surface area contributed by atoms with E-state index in [9.17, 15) is 61.0 Å². The lowest BCUT2D eigenvalue weighted by Gasteiger charge is -2.48. The number of carbonyl (C=O) groups excluding carboxylic acids is 1. The molecule has 0 saturated carbocycles. The average molecular weight is 1530 g/mol. The molecule has 3 heterocycles. The summed E-state index contributed by atoms with van der Waals surface area (Å²) >= 11 is 0. The van der Waals surface area contributed by atoms with Crippen molar-refractivity contribution >= 4 is 5.91 Å². The predicted molar refractivity (Wildman–Crippen MR) is 430 cm³/mol. The van der Waals surface area contributed by atoms with E-state index >= 15 is 0 Å². The second-order valence-corrected chi connectivity index (χ2v) is 32.4. The summed E-state index contributed by atoms with van der Waals surface area (Å²) in [6, 6.07) is -0.989. The lowest BCUT2D eigenvalue weighted by molar-refractivity contribution is -0.379. The van der Waals surface area contributed by atoms with Crippen molar-refractivity contribution in [2.45, 2.75) is 503 Å². The summed E-state index contributed by atoms with van der Waals surface area (Å²) in [5.74, 6) is -0.276. The van der Waals surface area contributed by atoms with Crippen molar-refractivity contribution in [1.29, 1.82) is 0 Å². The molecule has 3 aliphatic rings. The van der Waals surface area contributed by atoms with Crippen LogP contribution in [0.5, 0.6) is 0 Å². The Balaban J connectivity index is 1.28. The zero-order chi connectivity index (χ0) is 77.4. The van der Waals surface area contributed by atoms with Crippen LogP contribution in [0.25, 0.3) is 0 Å². The van der Waals surface area contributed by atoms with Gasteiger partial charge in [-0.15, -0.1) is 0 Å². The maximum Gasteiger partial charge on any atom is 0.220 e. The highest BCUT2D eigenvalue weighted by Crippen LogP contribution is 2.34. The molecule has 632 valence electrons. The fourth-order valence-corrected chi connectivity index (χ4v) is 15.6. The molecule has 3 saturated heterocycles. The number of amides is 1. The van der Waals surface area contributed by atoms with E-state index in [1.807, 2.05) is 6.08 Å². The van der Waals surface area contributed by atoms with E-state index < -0.39 is 124 Å². The maximum absolute atomic E-state index is 13.5. The number of rotatable bonds is 74. The molecule has 0 aliphatic carbocycles. The van der Waals surface area contributed by atoms with E-state index in [1.165, 1.54) is 327 Å². The third kappa shape index (κ3) is 47.7. The minimum atomic E-state index is -1.98. The molecule has 3 aliphatic heterocycles. The van der Waals surface area contributed by atoms with Gasteiger partial charge >= 0.3 is 0 Å². The number of hydrogen-bond donors (Lipinski definition) is 12. The second kappa shape index (κ2) is 68.7. The first-order chi connectivity index (χ1) is 52.3. The first kappa shape index (κ1) is 99.5. The zero-order valence-electron chi connectivity index (χ0n) is 68.2. The van der Waals surface area contributed by atoms with Gasteiger partial charge in [0, 0.05) is 6.42 Å². The molecule has 19 heteroatoms. The van der Waals surface area contributed by atoms with Gasteiger partial charge in [0.15, 0.2) is 18.9 Å². The van der Waals surface area contributed by atoms with Gasteiger partial charge in [-0.2, -0.15) is 0 Å². The molecule has 0 bridgehead atoms. The molecule has 0 aromatic heterocycles. The molecule has 17 atom stereocenters. The summed E-state index contributed by atoms with van der Waals surface area (Å²) in [7, 11) is 0. The van der Waals surface area contributed by atoms with Gasteiger partial charge in [-0.1, -0.05) is 385 Å². The number of unbranched alkanes of at least 4 members (excludes halogenated alkanes) is 56. The van der Waals surface area contributed by atoms with Crippen LogP contribution in [-0.2, 0) is 33.2 Å². The van der Waals surface area contributed by atoms with Crippen molar-refractivity contribution in [2.75, 3.05) is 26.4 Å². The smallest absolute Gasteiger partial charge is 0.220 e. The lowest BCUT2D eigenvalue weighted by Crippen LogP contribution is -2.66. The number of ether oxygens (including phenoxy) is 6. The highest BCUT2D eigenvalue weighted by atomic mass is 16.8. The number of aliphatic hydroxyl groups excluding tert-OH is 11. The van der Waals surface area contributed by atoms with E-state index in [0.717, 1.165) is 38.5 Å². The van der Waals surface area contributed by atoms with Crippen LogP contribution < -0.4 is 5.32 Å². The molecule has 107 heavy (non-hydrogen) atoms. The number of allylic oxidation sites excluding steroid dienone is 3. The molecular weight excluding hydrogens is 1360 g/mol. The second-order valence-electron chi connectivity index (χ2n) is 32.4. The van der Waals surface area contributed by atoms with Crippen LogP contribution in [-0.4, -0.2) is 193 Å². The lowest BCUT2D eigenvalue weighted by atomic mass is 9.96. The van der Waals surface area contributed by atoms with Crippen molar-refractivity contribution in [3.63, 3.8) is 0 Å². The third-order valence-corrected chi connectivity index (χ3v) is 22.8. The predicted octanol–water partition coefficient (Wildman–Crippen LogP) is 16.9. The zero-order valence-corrected chi connectivity index (χ0v) is 68.2. The van der Waals surface area contributed by atoms with Crippen LogP contribution in [0.4, 0.5) is 0 Å². The van der Waals surface area contributed by atoms with Crippen LogP contribution in [0, 0.1) is 0 Å². The van der Waals surface area contributed by atoms with Crippen molar-refractivity contribution in [3.05, 3.63) is 24.3 Å². The Morgan fingerprint density at radius 3 is 0.935 bits per heavy atom. The van der Waals surface area contributed by atoms with E-state index in [1.54, 1.807) is 6.08 Å². The molecular formula is C88H167NO18. The molecule has 19 nitrogen and oxygen atoms in total. The van der Waals surface area contributed by atoms with E-state index in [0.29, 0.717) is 12.8 Å². The first-order valence-corrected chi connectivity index (χ1v) is 45.1. The summed E-state index contributed by atoms with van der Waals surface area (Å²) in [5.41, 5.74) is 0. The van der Waals surface area contributed by atoms with Gasteiger partial charge in [0.1, 0.15) is 73.2 Å². The Kier molecular flexibility index (Phi) is 63.8. The summed E-state index contributed by atoms with van der Waals surface area (Å²) in [5, 5.41) is 121. The van der Waals surface area contributed by atoms with Gasteiger partial charge in [0.25, 0.3) is 0 Å². The molecule has 12 N–H and O–H groups in total. The van der Waals surface area contributed by atoms with Crippen molar-refractivity contribution in [3.8, 4) is 0 Å². The van der Waals surface area contributed by atoms with Crippen molar-refractivity contribution < 1.29 is 89.4 Å². The Morgan fingerprint density at radius 1 is 0.327 bits per heavy atom. The van der Waals surface area contributed by atoms with Crippen LogP contribution in [0.1, 0.15) is 399 Å². The summed E-state index contributed by atoms with van der Waals surface area (Å²) in [6.07, 6.45) is 59.3. The molecule has 0 spiro atoms. The number of hydrogen-bond acceptors (Lipinski definition) is 18. The quantitative estimate of drug-likeness (QED) is 0.0199. The molecule has 17 unspecified atom stereocenters. The minimum absolute atomic E-state index is 0.241. The summed E-state index contributed by atoms with van der Waals surface area (Å²) in [6.45, 7) is 1.78. The molecule has 1 amide bonds. The molecule has 3 fully saturated rings. The number of aliphatic hydroxyl groups is 11. The van der Waals surface area contributed by atoms with Gasteiger partial charge in [-0.25, -0.2) is 0 Å².